The molecule has 5 nitrogen and oxygen atoms in total. The Morgan fingerprint density at radius 1 is 1.12 bits per heavy atom. The van der Waals surface area contributed by atoms with E-state index in [1.807, 2.05) is 37.3 Å². The van der Waals surface area contributed by atoms with Crippen molar-refractivity contribution in [1.82, 2.24) is 10.3 Å². The first kappa shape index (κ1) is 21.7. The number of phenolic OH excluding ortho intramolecular Hbond substituents is 1. The third kappa shape index (κ3) is 5.01. The summed E-state index contributed by atoms with van der Waals surface area (Å²) in [5.41, 5.74) is 5.67. The Kier molecular flexibility index (Phi) is 6.57. The Hall–Kier alpha value is -3.57. The van der Waals surface area contributed by atoms with Crippen LogP contribution >= 0.6 is 0 Å². The number of nitrogens with one attached hydrogen (secondary N) is 3. The van der Waals surface area contributed by atoms with Gasteiger partial charge in [0, 0.05) is 17.6 Å². The first-order chi connectivity index (χ1) is 15.5. The summed E-state index contributed by atoms with van der Waals surface area (Å²) in [6, 6.07) is 17.3. The lowest BCUT2D eigenvalue weighted by atomic mass is 9.90. The van der Waals surface area contributed by atoms with Gasteiger partial charge < -0.3 is 20.7 Å². The fraction of sp³-hybridized carbons (Fsp3) is 0.222. The van der Waals surface area contributed by atoms with Crippen LogP contribution in [-0.4, -0.2) is 23.2 Å². The lowest BCUT2D eigenvalue weighted by molar-refractivity contribution is 0.460. The molecule has 1 aliphatic rings. The molecule has 1 saturated heterocycles. The summed E-state index contributed by atoms with van der Waals surface area (Å²) in [5, 5.41) is 16.5. The average Bonchev–Trinajstić information content (AvgIpc) is 2.80. The van der Waals surface area contributed by atoms with E-state index in [-0.39, 0.29) is 11.3 Å². The van der Waals surface area contributed by atoms with Crippen molar-refractivity contribution in [2.45, 2.75) is 25.7 Å². The minimum absolute atomic E-state index is 0.203. The number of piperidine rings is 1. The summed E-state index contributed by atoms with van der Waals surface area (Å²) in [4.78, 5) is 15.4. The molecular formula is C27H29N3O2. The molecule has 5 heteroatoms. The van der Waals surface area contributed by atoms with Crippen molar-refractivity contribution in [1.29, 1.82) is 0 Å². The molecule has 1 aliphatic heterocycles. The van der Waals surface area contributed by atoms with Crippen LogP contribution in [0.5, 0.6) is 5.75 Å². The van der Waals surface area contributed by atoms with Crippen molar-refractivity contribution in [2.24, 2.45) is 0 Å². The van der Waals surface area contributed by atoms with E-state index in [0.717, 1.165) is 48.3 Å². The van der Waals surface area contributed by atoms with Gasteiger partial charge in [0.15, 0.2) is 0 Å². The number of hydrogen-bond donors (Lipinski definition) is 4. The number of benzene rings is 2. The number of anilines is 1. The van der Waals surface area contributed by atoms with Crippen LogP contribution < -0.4 is 16.2 Å². The Labute approximate surface area is 188 Å². The maximum Gasteiger partial charge on any atom is 0.257 e. The number of rotatable bonds is 6. The van der Waals surface area contributed by atoms with Gasteiger partial charge in [-0.25, -0.2) is 0 Å². The maximum atomic E-state index is 12.7. The largest absolute Gasteiger partial charge is 0.508 e. The summed E-state index contributed by atoms with van der Waals surface area (Å²) < 4.78 is 0. The molecule has 2 aromatic carbocycles. The van der Waals surface area contributed by atoms with E-state index in [9.17, 15) is 9.90 Å². The molecule has 0 saturated carbocycles. The van der Waals surface area contributed by atoms with Gasteiger partial charge in [0.1, 0.15) is 5.75 Å². The third-order valence-corrected chi connectivity index (χ3v) is 5.98. The Bertz CT molecular complexity index is 1190. The molecule has 1 aromatic heterocycles. The van der Waals surface area contributed by atoms with Crippen LogP contribution in [0.2, 0.25) is 0 Å². The molecule has 0 spiro atoms. The van der Waals surface area contributed by atoms with Crippen LogP contribution in [0.1, 0.15) is 47.9 Å². The SMILES string of the molecule is C=C(Nc1ccc(C2CCNCC2)cc1)c1c(/C=C(\C)c2cccc(O)c2)cc[nH]c1=O. The first-order valence-electron chi connectivity index (χ1n) is 11.0. The average molecular weight is 428 g/mol. The van der Waals surface area contributed by atoms with Crippen molar-refractivity contribution in [3.8, 4) is 5.75 Å². The minimum Gasteiger partial charge on any atom is -0.508 e. The highest BCUT2D eigenvalue weighted by molar-refractivity contribution is 5.87. The smallest absolute Gasteiger partial charge is 0.257 e. The summed E-state index contributed by atoms with van der Waals surface area (Å²) in [6.45, 7) is 8.23. The predicted molar refractivity (Wildman–Crippen MR) is 133 cm³/mol. The number of aromatic hydroxyl groups is 1. The standard InChI is InChI=1S/C27H29N3O2/c1-18(22-4-3-5-25(31)17-22)16-23-12-15-29-27(32)26(23)19(2)30-24-8-6-20(7-9-24)21-10-13-28-14-11-21/h3-9,12,15-17,21,28,30-31H,2,10-11,13-14H2,1H3,(H,29,32)/b18-16+. The van der Waals surface area contributed by atoms with Crippen LogP contribution in [-0.2, 0) is 0 Å². The Morgan fingerprint density at radius 2 is 1.88 bits per heavy atom. The maximum absolute atomic E-state index is 12.7. The van der Waals surface area contributed by atoms with Crippen molar-refractivity contribution in [3.63, 3.8) is 0 Å². The fourth-order valence-electron chi connectivity index (χ4n) is 4.22. The molecule has 0 bridgehead atoms. The number of pyridine rings is 1. The second kappa shape index (κ2) is 9.71. The van der Waals surface area contributed by atoms with Gasteiger partial charge in [0.05, 0.1) is 5.56 Å². The van der Waals surface area contributed by atoms with Gasteiger partial charge in [0.2, 0.25) is 0 Å². The summed E-state index contributed by atoms with van der Waals surface area (Å²) >= 11 is 0. The Morgan fingerprint density at radius 3 is 2.59 bits per heavy atom. The van der Waals surface area contributed by atoms with E-state index in [1.54, 1.807) is 24.4 Å². The monoisotopic (exact) mass is 427 g/mol. The van der Waals surface area contributed by atoms with Gasteiger partial charge in [-0.15, -0.1) is 0 Å². The highest BCUT2D eigenvalue weighted by Gasteiger charge is 2.15. The molecule has 2 heterocycles. The number of aromatic amines is 1. The van der Waals surface area contributed by atoms with Crippen molar-refractivity contribution >= 4 is 23.0 Å². The highest BCUT2D eigenvalue weighted by Crippen LogP contribution is 2.28. The van der Waals surface area contributed by atoms with Crippen LogP contribution in [0, 0.1) is 0 Å². The molecule has 0 unspecified atom stereocenters. The zero-order valence-electron chi connectivity index (χ0n) is 18.3. The molecule has 32 heavy (non-hydrogen) atoms. The predicted octanol–water partition coefficient (Wildman–Crippen LogP) is 5.19. The van der Waals surface area contributed by atoms with Crippen LogP contribution in [0.4, 0.5) is 5.69 Å². The van der Waals surface area contributed by atoms with Gasteiger partial charge in [0.25, 0.3) is 5.56 Å². The van der Waals surface area contributed by atoms with Gasteiger partial charge in [-0.1, -0.05) is 36.9 Å². The molecular weight excluding hydrogens is 398 g/mol. The summed E-state index contributed by atoms with van der Waals surface area (Å²) in [6.07, 6.45) is 5.89. The number of phenols is 1. The summed E-state index contributed by atoms with van der Waals surface area (Å²) in [5.74, 6) is 0.808. The van der Waals surface area contributed by atoms with Gasteiger partial charge in [-0.2, -0.15) is 0 Å². The molecule has 0 radical (unpaired) electrons. The second-order valence-corrected chi connectivity index (χ2v) is 8.26. The second-order valence-electron chi connectivity index (χ2n) is 8.26. The van der Waals surface area contributed by atoms with Crippen LogP contribution in [0.25, 0.3) is 17.3 Å². The van der Waals surface area contributed by atoms with E-state index in [4.69, 9.17) is 0 Å². The van der Waals surface area contributed by atoms with Gasteiger partial charge in [-0.3, -0.25) is 4.79 Å². The molecule has 3 aromatic rings. The zero-order chi connectivity index (χ0) is 22.5. The third-order valence-electron chi connectivity index (χ3n) is 5.98. The molecule has 164 valence electrons. The van der Waals surface area contributed by atoms with Gasteiger partial charge in [-0.05, 0) is 91.4 Å². The molecule has 4 N–H and O–H groups in total. The quantitative estimate of drug-likeness (QED) is 0.437. The van der Waals surface area contributed by atoms with Crippen molar-refractivity contribution in [3.05, 3.63) is 100.0 Å². The minimum atomic E-state index is -0.203. The highest BCUT2D eigenvalue weighted by atomic mass is 16.3. The number of allylic oxidation sites excluding steroid dienone is 1. The van der Waals surface area contributed by atoms with E-state index < -0.39 is 0 Å². The summed E-state index contributed by atoms with van der Waals surface area (Å²) in [7, 11) is 0. The lowest BCUT2D eigenvalue weighted by Crippen LogP contribution is -2.26. The molecule has 0 atom stereocenters. The van der Waals surface area contributed by atoms with Crippen LogP contribution in [0.15, 0.2) is 72.2 Å². The lowest BCUT2D eigenvalue weighted by Gasteiger charge is -2.23. The molecule has 4 rings (SSSR count). The molecule has 0 aliphatic carbocycles. The van der Waals surface area contributed by atoms with Crippen molar-refractivity contribution < 1.29 is 5.11 Å². The van der Waals surface area contributed by atoms with E-state index in [0.29, 0.717) is 17.2 Å². The number of aromatic nitrogens is 1. The Balaban J connectivity index is 1.56. The molecule has 1 fully saturated rings. The van der Waals surface area contributed by atoms with Crippen molar-refractivity contribution in [2.75, 3.05) is 18.4 Å². The number of H-pyrrole nitrogens is 1. The fourth-order valence-corrected chi connectivity index (χ4v) is 4.22. The molecule has 0 amide bonds. The normalized spacial score (nSPS) is 14.8. The zero-order valence-corrected chi connectivity index (χ0v) is 18.3. The number of hydrogen-bond acceptors (Lipinski definition) is 4. The van der Waals surface area contributed by atoms with E-state index in [1.165, 1.54) is 5.56 Å². The van der Waals surface area contributed by atoms with E-state index in [2.05, 4.69) is 34.3 Å². The van der Waals surface area contributed by atoms with E-state index >= 15 is 0 Å². The van der Waals surface area contributed by atoms with Gasteiger partial charge >= 0.3 is 0 Å². The van der Waals surface area contributed by atoms with Crippen LogP contribution in [0.3, 0.4) is 0 Å². The topological polar surface area (TPSA) is 77.2 Å². The first-order valence-corrected chi connectivity index (χ1v) is 11.0.